The zero-order valence-electron chi connectivity index (χ0n) is 15.5. The highest BCUT2D eigenvalue weighted by molar-refractivity contribution is 7.18. The maximum Gasteiger partial charge on any atom is 0.262 e. The molecule has 2 unspecified atom stereocenters. The molecule has 0 saturated carbocycles. The Kier molecular flexibility index (Phi) is 4.88. The van der Waals surface area contributed by atoms with E-state index in [2.05, 4.69) is 21.6 Å². The standard InChI is InChI=1S/C20H23N3O3S/c1-12-3-5-13(6-4-12)16-14-11-15(23-7-9-26-10-8-23)27-18(14)20(25)22-17(16)19(24)21-2/h3-6,11,16-17H,7-10H2,1-2H3,(H,21,24)(H,22,25). The van der Waals surface area contributed by atoms with Crippen LogP contribution < -0.4 is 15.5 Å². The van der Waals surface area contributed by atoms with Crippen LogP contribution in [0.25, 0.3) is 0 Å². The smallest absolute Gasteiger partial charge is 0.262 e. The second-order valence-corrected chi connectivity index (χ2v) is 7.95. The molecule has 1 aromatic carbocycles. The molecule has 27 heavy (non-hydrogen) atoms. The molecule has 2 aliphatic heterocycles. The summed E-state index contributed by atoms with van der Waals surface area (Å²) in [5.74, 6) is -0.561. The Morgan fingerprint density at radius 1 is 1.26 bits per heavy atom. The van der Waals surface area contributed by atoms with Gasteiger partial charge in [0.05, 0.1) is 23.1 Å². The van der Waals surface area contributed by atoms with E-state index < -0.39 is 6.04 Å². The Morgan fingerprint density at radius 2 is 1.96 bits per heavy atom. The van der Waals surface area contributed by atoms with Gasteiger partial charge in [0, 0.05) is 26.1 Å². The first-order valence-electron chi connectivity index (χ1n) is 9.14. The fourth-order valence-electron chi connectivity index (χ4n) is 3.73. The number of carbonyl (C=O) groups is 2. The molecule has 4 rings (SSSR count). The molecule has 3 heterocycles. The van der Waals surface area contributed by atoms with E-state index in [1.807, 2.05) is 31.2 Å². The van der Waals surface area contributed by atoms with E-state index in [1.165, 1.54) is 11.3 Å². The third kappa shape index (κ3) is 3.33. The summed E-state index contributed by atoms with van der Waals surface area (Å²) in [6.45, 7) is 5.05. The molecule has 0 spiro atoms. The van der Waals surface area contributed by atoms with E-state index in [0.29, 0.717) is 18.1 Å². The van der Waals surface area contributed by atoms with Gasteiger partial charge in [0.15, 0.2) is 0 Å². The van der Waals surface area contributed by atoms with Crippen molar-refractivity contribution in [3.63, 3.8) is 0 Å². The van der Waals surface area contributed by atoms with Crippen LogP contribution in [-0.4, -0.2) is 51.2 Å². The average Bonchev–Trinajstić information content (AvgIpc) is 3.15. The van der Waals surface area contributed by atoms with Crippen LogP contribution in [0.2, 0.25) is 0 Å². The van der Waals surface area contributed by atoms with Crippen molar-refractivity contribution >= 4 is 28.2 Å². The van der Waals surface area contributed by atoms with Crippen LogP contribution in [0.5, 0.6) is 0 Å². The number of hydrogen-bond acceptors (Lipinski definition) is 5. The number of rotatable bonds is 3. The number of ether oxygens (including phenoxy) is 1. The van der Waals surface area contributed by atoms with Crippen LogP contribution in [0.15, 0.2) is 30.3 Å². The van der Waals surface area contributed by atoms with Gasteiger partial charge >= 0.3 is 0 Å². The van der Waals surface area contributed by atoms with Gasteiger partial charge in [-0.2, -0.15) is 0 Å². The maximum atomic E-state index is 12.7. The number of benzene rings is 1. The fraction of sp³-hybridized carbons (Fsp3) is 0.400. The van der Waals surface area contributed by atoms with Crippen molar-refractivity contribution in [1.29, 1.82) is 0 Å². The predicted molar refractivity (Wildman–Crippen MR) is 106 cm³/mol. The summed E-state index contributed by atoms with van der Waals surface area (Å²) in [6, 6.07) is 9.64. The lowest BCUT2D eigenvalue weighted by molar-refractivity contribution is -0.122. The fourth-order valence-corrected chi connectivity index (χ4v) is 4.89. The molecule has 0 aliphatic carbocycles. The van der Waals surface area contributed by atoms with Crippen molar-refractivity contribution in [3.05, 3.63) is 51.9 Å². The molecule has 142 valence electrons. The summed E-state index contributed by atoms with van der Waals surface area (Å²) in [7, 11) is 1.60. The SMILES string of the molecule is CNC(=O)C1NC(=O)c2sc(N3CCOCC3)cc2C1c1ccc(C)cc1. The van der Waals surface area contributed by atoms with Gasteiger partial charge in [0.1, 0.15) is 6.04 Å². The highest BCUT2D eigenvalue weighted by atomic mass is 32.1. The van der Waals surface area contributed by atoms with E-state index >= 15 is 0 Å². The highest BCUT2D eigenvalue weighted by Gasteiger charge is 2.40. The lowest BCUT2D eigenvalue weighted by Crippen LogP contribution is -2.52. The summed E-state index contributed by atoms with van der Waals surface area (Å²) < 4.78 is 5.44. The molecule has 1 fully saturated rings. The predicted octanol–water partition coefficient (Wildman–Crippen LogP) is 1.88. The summed E-state index contributed by atoms with van der Waals surface area (Å²) in [4.78, 5) is 28.2. The third-order valence-corrected chi connectivity index (χ3v) is 6.41. The van der Waals surface area contributed by atoms with Crippen molar-refractivity contribution in [1.82, 2.24) is 10.6 Å². The minimum absolute atomic E-state index is 0.175. The Morgan fingerprint density at radius 3 is 2.63 bits per heavy atom. The second kappa shape index (κ2) is 7.32. The normalized spacial score (nSPS) is 22.1. The lowest BCUT2D eigenvalue weighted by Gasteiger charge is -2.31. The molecule has 2 aliphatic rings. The molecule has 2 aromatic rings. The number of likely N-dealkylation sites (N-methyl/N-ethyl adjacent to an activating group) is 1. The van der Waals surface area contributed by atoms with Crippen molar-refractivity contribution in [3.8, 4) is 0 Å². The van der Waals surface area contributed by atoms with E-state index in [0.717, 1.165) is 34.8 Å². The molecule has 7 heteroatoms. The first-order chi connectivity index (χ1) is 13.1. The van der Waals surface area contributed by atoms with Gasteiger partial charge < -0.3 is 20.3 Å². The summed E-state index contributed by atoms with van der Waals surface area (Å²) in [6.07, 6.45) is 0. The molecule has 2 amide bonds. The van der Waals surface area contributed by atoms with Gasteiger partial charge in [0.25, 0.3) is 5.91 Å². The van der Waals surface area contributed by atoms with Crippen molar-refractivity contribution < 1.29 is 14.3 Å². The first-order valence-corrected chi connectivity index (χ1v) is 9.95. The zero-order chi connectivity index (χ0) is 19.0. The van der Waals surface area contributed by atoms with Crippen LogP contribution >= 0.6 is 11.3 Å². The van der Waals surface area contributed by atoms with Crippen LogP contribution in [0.1, 0.15) is 32.3 Å². The topological polar surface area (TPSA) is 70.7 Å². The second-order valence-electron chi connectivity index (χ2n) is 6.92. The molecular weight excluding hydrogens is 362 g/mol. The number of morpholine rings is 1. The average molecular weight is 385 g/mol. The maximum absolute atomic E-state index is 12.7. The Balaban J connectivity index is 1.79. The Bertz CT molecular complexity index is 856. The summed E-state index contributed by atoms with van der Waals surface area (Å²) in [5, 5.41) is 6.67. The molecule has 2 N–H and O–H groups in total. The van der Waals surface area contributed by atoms with Crippen molar-refractivity contribution in [2.75, 3.05) is 38.3 Å². The molecular formula is C20H23N3O3S. The van der Waals surface area contributed by atoms with Gasteiger partial charge in [-0.15, -0.1) is 11.3 Å². The van der Waals surface area contributed by atoms with Crippen LogP contribution in [0, 0.1) is 6.92 Å². The Hall–Kier alpha value is -2.38. The molecule has 1 saturated heterocycles. The number of fused-ring (bicyclic) bond motifs is 1. The lowest BCUT2D eigenvalue weighted by atomic mass is 9.82. The number of aryl methyl sites for hydroxylation is 1. The van der Waals surface area contributed by atoms with Crippen LogP contribution in [-0.2, 0) is 9.53 Å². The number of nitrogens with one attached hydrogen (secondary N) is 2. The number of amides is 2. The minimum atomic E-state index is -0.621. The summed E-state index contributed by atoms with van der Waals surface area (Å²) >= 11 is 1.50. The molecule has 0 bridgehead atoms. The molecule has 2 atom stereocenters. The zero-order valence-corrected chi connectivity index (χ0v) is 16.3. The third-order valence-electron chi connectivity index (χ3n) is 5.20. The number of thiophene rings is 1. The van der Waals surface area contributed by atoms with Gasteiger partial charge in [-0.1, -0.05) is 29.8 Å². The molecule has 1 aromatic heterocycles. The monoisotopic (exact) mass is 385 g/mol. The van der Waals surface area contributed by atoms with Crippen molar-refractivity contribution in [2.24, 2.45) is 0 Å². The largest absolute Gasteiger partial charge is 0.378 e. The number of nitrogens with zero attached hydrogens (tertiary/aromatic N) is 1. The van der Waals surface area contributed by atoms with E-state index in [4.69, 9.17) is 4.74 Å². The number of anilines is 1. The van der Waals surface area contributed by atoms with Gasteiger partial charge in [-0.05, 0) is 24.1 Å². The minimum Gasteiger partial charge on any atom is -0.378 e. The first kappa shape index (κ1) is 18.0. The van der Waals surface area contributed by atoms with Gasteiger partial charge in [0.2, 0.25) is 5.91 Å². The number of hydrogen-bond donors (Lipinski definition) is 2. The van der Waals surface area contributed by atoms with Crippen LogP contribution in [0.4, 0.5) is 5.00 Å². The molecule has 0 radical (unpaired) electrons. The van der Waals surface area contributed by atoms with E-state index in [9.17, 15) is 9.59 Å². The van der Waals surface area contributed by atoms with E-state index in [-0.39, 0.29) is 17.7 Å². The van der Waals surface area contributed by atoms with Gasteiger partial charge in [-0.25, -0.2) is 0 Å². The van der Waals surface area contributed by atoms with Crippen molar-refractivity contribution in [2.45, 2.75) is 18.9 Å². The highest BCUT2D eigenvalue weighted by Crippen LogP contribution is 2.42. The molecule has 6 nitrogen and oxygen atoms in total. The summed E-state index contributed by atoms with van der Waals surface area (Å²) in [5.41, 5.74) is 3.12. The van der Waals surface area contributed by atoms with Gasteiger partial charge in [-0.3, -0.25) is 9.59 Å². The quantitative estimate of drug-likeness (QED) is 0.846. The Labute approximate surface area is 162 Å². The van der Waals surface area contributed by atoms with Crippen LogP contribution in [0.3, 0.4) is 0 Å². The number of carbonyl (C=O) groups excluding carboxylic acids is 2. The van der Waals surface area contributed by atoms with E-state index in [1.54, 1.807) is 7.05 Å².